The molecule has 1 aromatic rings. The van der Waals surface area contributed by atoms with Crippen molar-refractivity contribution in [2.45, 2.75) is 71.3 Å². The Morgan fingerprint density at radius 1 is 1.12 bits per heavy atom. The van der Waals surface area contributed by atoms with Crippen LogP contribution in [0.5, 0.6) is 0 Å². The fraction of sp³-hybridized carbons (Fsp3) is 0.650. The zero-order chi connectivity index (χ0) is 19.2. The smallest absolute Gasteiger partial charge is 0.232 e. The van der Waals surface area contributed by atoms with Crippen molar-refractivity contribution >= 4 is 21.6 Å². The van der Waals surface area contributed by atoms with Gasteiger partial charge in [-0.05, 0) is 56.4 Å². The van der Waals surface area contributed by atoms with E-state index in [2.05, 4.69) is 5.32 Å². The second-order valence-electron chi connectivity index (χ2n) is 7.46. The molecule has 0 aliphatic heterocycles. The zero-order valence-corrected chi connectivity index (χ0v) is 17.1. The van der Waals surface area contributed by atoms with Crippen LogP contribution < -0.4 is 9.62 Å². The number of rotatable bonds is 7. The summed E-state index contributed by atoms with van der Waals surface area (Å²) in [6, 6.07) is 5.94. The maximum atomic E-state index is 12.2. The standard InChI is InChI=1S/C20H32N2O3S/c1-16-12-13-19(15-17(16)2)22(26(3,24)25)14-8-11-20(23)21-18-9-6-4-5-7-10-18/h12-13,15,18H,4-11,14H2,1-3H3,(H,21,23). The molecule has 0 heterocycles. The van der Waals surface area contributed by atoms with Gasteiger partial charge in [-0.15, -0.1) is 0 Å². The Labute approximate surface area is 158 Å². The van der Waals surface area contributed by atoms with Gasteiger partial charge >= 0.3 is 0 Å². The van der Waals surface area contributed by atoms with E-state index in [-0.39, 0.29) is 11.9 Å². The van der Waals surface area contributed by atoms with Gasteiger partial charge in [0.25, 0.3) is 0 Å². The van der Waals surface area contributed by atoms with Crippen molar-refractivity contribution in [3.8, 4) is 0 Å². The Kier molecular flexibility index (Phi) is 7.50. The number of aryl methyl sites for hydroxylation is 2. The summed E-state index contributed by atoms with van der Waals surface area (Å²) < 4.78 is 25.8. The largest absolute Gasteiger partial charge is 0.353 e. The first-order chi connectivity index (χ1) is 12.3. The van der Waals surface area contributed by atoms with Crippen molar-refractivity contribution < 1.29 is 13.2 Å². The van der Waals surface area contributed by atoms with E-state index in [0.717, 1.165) is 24.0 Å². The Morgan fingerprint density at radius 2 is 1.77 bits per heavy atom. The highest BCUT2D eigenvalue weighted by Gasteiger charge is 2.19. The number of sulfonamides is 1. The van der Waals surface area contributed by atoms with Crippen LogP contribution in [-0.4, -0.2) is 33.2 Å². The van der Waals surface area contributed by atoms with Gasteiger partial charge in [-0.2, -0.15) is 0 Å². The second kappa shape index (κ2) is 9.40. The van der Waals surface area contributed by atoms with Gasteiger partial charge < -0.3 is 5.32 Å². The first-order valence-electron chi connectivity index (χ1n) is 9.61. The summed E-state index contributed by atoms with van der Waals surface area (Å²) in [6.07, 6.45) is 9.07. The van der Waals surface area contributed by atoms with Gasteiger partial charge in [0.2, 0.25) is 15.9 Å². The molecule has 1 fully saturated rings. The first kappa shape index (κ1) is 20.7. The molecule has 1 aromatic carbocycles. The van der Waals surface area contributed by atoms with Gasteiger partial charge in [0.05, 0.1) is 11.9 Å². The summed E-state index contributed by atoms with van der Waals surface area (Å²) in [4.78, 5) is 12.2. The molecule has 1 aliphatic carbocycles. The number of hydrogen-bond donors (Lipinski definition) is 1. The predicted molar refractivity (Wildman–Crippen MR) is 107 cm³/mol. The molecular weight excluding hydrogens is 348 g/mol. The van der Waals surface area contributed by atoms with Gasteiger partial charge in [0.1, 0.15) is 0 Å². The number of benzene rings is 1. The summed E-state index contributed by atoms with van der Waals surface area (Å²) in [5.74, 6) is 0.0328. The molecule has 1 aliphatic rings. The van der Waals surface area contributed by atoms with Gasteiger partial charge in [-0.1, -0.05) is 31.7 Å². The van der Waals surface area contributed by atoms with E-state index in [4.69, 9.17) is 0 Å². The SMILES string of the molecule is Cc1ccc(N(CCCC(=O)NC2CCCCCC2)S(C)(=O)=O)cc1C. The summed E-state index contributed by atoms with van der Waals surface area (Å²) in [7, 11) is -3.38. The van der Waals surface area contributed by atoms with Crippen LogP contribution in [0.1, 0.15) is 62.5 Å². The van der Waals surface area contributed by atoms with Gasteiger partial charge in [-0.3, -0.25) is 9.10 Å². The summed E-state index contributed by atoms with van der Waals surface area (Å²) in [5.41, 5.74) is 2.85. The molecule has 0 bridgehead atoms. The fourth-order valence-electron chi connectivity index (χ4n) is 3.47. The van der Waals surface area contributed by atoms with E-state index < -0.39 is 10.0 Å². The highest BCUT2D eigenvalue weighted by atomic mass is 32.2. The van der Waals surface area contributed by atoms with Gasteiger partial charge in [0.15, 0.2) is 0 Å². The topological polar surface area (TPSA) is 66.5 Å². The fourth-order valence-corrected chi connectivity index (χ4v) is 4.43. The maximum Gasteiger partial charge on any atom is 0.232 e. The molecular formula is C20H32N2O3S. The number of nitrogens with zero attached hydrogens (tertiary/aromatic N) is 1. The van der Waals surface area contributed by atoms with E-state index in [1.54, 1.807) is 0 Å². The minimum atomic E-state index is -3.38. The Morgan fingerprint density at radius 3 is 2.35 bits per heavy atom. The molecule has 6 heteroatoms. The molecule has 26 heavy (non-hydrogen) atoms. The van der Waals surface area contributed by atoms with Crippen LogP contribution in [0.25, 0.3) is 0 Å². The van der Waals surface area contributed by atoms with E-state index in [0.29, 0.717) is 25.1 Å². The molecule has 0 unspecified atom stereocenters. The van der Waals surface area contributed by atoms with Crippen molar-refractivity contribution in [1.82, 2.24) is 5.32 Å². The monoisotopic (exact) mass is 380 g/mol. The molecule has 1 saturated carbocycles. The molecule has 5 nitrogen and oxygen atoms in total. The molecule has 0 atom stereocenters. The second-order valence-corrected chi connectivity index (χ2v) is 9.37. The molecule has 1 amide bonds. The normalized spacial score (nSPS) is 16.1. The number of amides is 1. The van der Waals surface area contributed by atoms with Crippen molar-refractivity contribution in [3.63, 3.8) is 0 Å². The van der Waals surface area contributed by atoms with Crippen molar-refractivity contribution in [1.29, 1.82) is 0 Å². The average molecular weight is 381 g/mol. The minimum Gasteiger partial charge on any atom is -0.353 e. The molecule has 0 aromatic heterocycles. The lowest BCUT2D eigenvalue weighted by Crippen LogP contribution is -2.35. The van der Waals surface area contributed by atoms with Crippen LogP contribution in [0.3, 0.4) is 0 Å². The molecule has 0 spiro atoms. The quantitative estimate of drug-likeness (QED) is 0.734. The van der Waals surface area contributed by atoms with E-state index in [1.807, 2.05) is 32.0 Å². The Bertz CT molecular complexity index is 708. The summed E-state index contributed by atoms with van der Waals surface area (Å²) in [6.45, 7) is 4.29. The number of carbonyl (C=O) groups excluding carboxylic acids is 1. The zero-order valence-electron chi connectivity index (χ0n) is 16.3. The van der Waals surface area contributed by atoms with Crippen molar-refractivity contribution in [2.24, 2.45) is 0 Å². The number of nitrogens with one attached hydrogen (secondary N) is 1. The third-order valence-corrected chi connectivity index (χ3v) is 6.36. The lowest BCUT2D eigenvalue weighted by Gasteiger charge is -2.23. The van der Waals surface area contributed by atoms with Crippen LogP contribution in [0.15, 0.2) is 18.2 Å². The summed E-state index contributed by atoms with van der Waals surface area (Å²) in [5, 5.41) is 3.12. The van der Waals surface area contributed by atoms with E-state index in [9.17, 15) is 13.2 Å². The third-order valence-electron chi connectivity index (χ3n) is 5.16. The number of anilines is 1. The third kappa shape index (κ3) is 6.31. The molecule has 146 valence electrons. The summed E-state index contributed by atoms with van der Waals surface area (Å²) >= 11 is 0. The van der Waals surface area contributed by atoms with E-state index >= 15 is 0 Å². The lowest BCUT2D eigenvalue weighted by molar-refractivity contribution is -0.121. The van der Waals surface area contributed by atoms with Gasteiger partial charge in [-0.25, -0.2) is 8.42 Å². The number of hydrogen-bond acceptors (Lipinski definition) is 3. The molecule has 1 N–H and O–H groups in total. The molecule has 0 radical (unpaired) electrons. The van der Waals surface area contributed by atoms with Crippen LogP contribution >= 0.6 is 0 Å². The van der Waals surface area contributed by atoms with Crippen LogP contribution in [0.2, 0.25) is 0 Å². The van der Waals surface area contributed by atoms with E-state index in [1.165, 1.54) is 36.2 Å². The van der Waals surface area contributed by atoms with Crippen molar-refractivity contribution in [3.05, 3.63) is 29.3 Å². The van der Waals surface area contributed by atoms with Crippen molar-refractivity contribution in [2.75, 3.05) is 17.1 Å². The molecule has 2 rings (SSSR count). The molecule has 0 saturated heterocycles. The Balaban J connectivity index is 1.91. The lowest BCUT2D eigenvalue weighted by atomic mass is 10.1. The minimum absolute atomic E-state index is 0.0328. The average Bonchev–Trinajstić information content (AvgIpc) is 2.82. The van der Waals surface area contributed by atoms with Crippen LogP contribution in [-0.2, 0) is 14.8 Å². The number of carbonyl (C=O) groups is 1. The maximum absolute atomic E-state index is 12.2. The predicted octanol–water partition coefficient (Wildman–Crippen LogP) is 3.69. The highest BCUT2D eigenvalue weighted by Crippen LogP contribution is 2.22. The van der Waals surface area contributed by atoms with Crippen LogP contribution in [0, 0.1) is 13.8 Å². The first-order valence-corrected chi connectivity index (χ1v) is 11.5. The Hall–Kier alpha value is -1.56. The van der Waals surface area contributed by atoms with Crippen LogP contribution in [0.4, 0.5) is 5.69 Å². The highest BCUT2D eigenvalue weighted by molar-refractivity contribution is 7.92. The van der Waals surface area contributed by atoms with Gasteiger partial charge in [0, 0.05) is 19.0 Å².